The molecule has 0 saturated heterocycles. The van der Waals surface area contributed by atoms with E-state index in [2.05, 4.69) is 31.2 Å². The summed E-state index contributed by atoms with van der Waals surface area (Å²) in [6.07, 6.45) is 0.140. The van der Waals surface area contributed by atoms with Gasteiger partial charge in [0.25, 0.3) is 0 Å². The first-order valence-corrected chi connectivity index (χ1v) is 6.35. The molecule has 0 aliphatic rings. The molecule has 0 aromatic heterocycles. The van der Waals surface area contributed by atoms with Gasteiger partial charge in [0, 0.05) is 20.1 Å². The summed E-state index contributed by atoms with van der Waals surface area (Å²) >= 11 is 0. The highest BCUT2D eigenvalue weighted by molar-refractivity contribution is 5.23. The molecule has 0 N–H and O–H groups in total. The van der Waals surface area contributed by atoms with Crippen molar-refractivity contribution in [3.05, 3.63) is 35.4 Å². The van der Waals surface area contributed by atoms with Crippen molar-refractivity contribution in [1.82, 2.24) is 0 Å². The molecule has 3 heteroatoms. The molecular weight excluding hydrogens is 228 g/mol. The van der Waals surface area contributed by atoms with Gasteiger partial charge in [-0.3, -0.25) is 0 Å². The fourth-order valence-corrected chi connectivity index (χ4v) is 1.73. The third kappa shape index (κ3) is 5.17. The lowest BCUT2D eigenvalue weighted by atomic mass is 10.1. The van der Waals surface area contributed by atoms with Crippen LogP contribution in [0, 0.1) is 5.92 Å². The van der Waals surface area contributed by atoms with Crippen molar-refractivity contribution >= 4 is 0 Å². The topological polar surface area (TPSA) is 27.7 Å². The maximum Gasteiger partial charge on any atom is 0.0793 e. The standard InChI is InChI=1S/C15H24O3/c1-12(9-16-3)10-18-11-14-5-7-15(8-6-14)13(2)17-4/h5-8,12-13H,9-11H2,1-4H3. The van der Waals surface area contributed by atoms with E-state index in [1.807, 2.05) is 6.92 Å². The lowest BCUT2D eigenvalue weighted by Gasteiger charge is -2.12. The lowest BCUT2D eigenvalue weighted by molar-refractivity contribution is 0.0561. The molecule has 0 heterocycles. The van der Waals surface area contributed by atoms with Crippen LogP contribution < -0.4 is 0 Å². The maximum absolute atomic E-state index is 5.65. The van der Waals surface area contributed by atoms with Gasteiger partial charge in [-0.1, -0.05) is 31.2 Å². The first kappa shape index (κ1) is 15.2. The third-order valence-electron chi connectivity index (χ3n) is 2.92. The molecule has 0 saturated carbocycles. The van der Waals surface area contributed by atoms with E-state index < -0.39 is 0 Å². The van der Waals surface area contributed by atoms with Gasteiger partial charge in [-0.25, -0.2) is 0 Å². The Balaban J connectivity index is 2.35. The van der Waals surface area contributed by atoms with E-state index in [0.29, 0.717) is 12.5 Å². The van der Waals surface area contributed by atoms with Gasteiger partial charge in [-0.05, 0) is 18.1 Å². The van der Waals surface area contributed by atoms with Gasteiger partial charge in [0.05, 0.1) is 25.9 Å². The van der Waals surface area contributed by atoms with Crippen molar-refractivity contribution < 1.29 is 14.2 Å². The first-order valence-electron chi connectivity index (χ1n) is 6.35. The Labute approximate surface area is 110 Å². The number of hydrogen-bond acceptors (Lipinski definition) is 3. The highest BCUT2D eigenvalue weighted by atomic mass is 16.5. The second-order valence-corrected chi connectivity index (χ2v) is 4.70. The number of hydrogen-bond donors (Lipinski definition) is 0. The fourth-order valence-electron chi connectivity index (χ4n) is 1.73. The summed E-state index contributed by atoms with van der Waals surface area (Å²) in [5, 5.41) is 0. The summed E-state index contributed by atoms with van der Waals surface area (Å²) in [6.45, 7) is 6.27. The molecule has 1 rings (SSSR count). The predicted molar refractivity (Wildman–Crippen MR) is 72.6 cm³/mol. The minimum absolute atomic E-state index is 0.140. The van der Waals surface area contributed by atoms with E-state index in [4.69, 9.17) is 14.2 Å². The van der Waals surface area contributed by atoms with Gasteiger partial charge in [0.15, 0.2) is 0 Å². The second-order valence-electron chi connectivity index (χ2n) is 4.70. The molecule has 18 heavy (non-hydrogen) atoms. The van der Waals surface area contributed by atoms with Gasteiger partial charge in [0.1, 0.15) is 0 Å². The van der Waals surface area contributed by atoms with Crippen LogP contribution in [0.4, 0.5) is 0 Å². The van der Waals surface area contributed by atoms with Gasteiger partial charge < -0.3 is 14.2 Å². The Hall–Kier alpha value is -0.900. The molecule has 2 atom stereocenters. The Kier molecular flexibility index (Phi) is 6.94. The Bertz CT molecular complexity index is 321. The van der Waals surface area contributed by atoms with Crippen LogP contribution in [0.1, 0.15) is 31.1 Å². The number of benzene rings is 1. The largest absolute Gasteiger partial charge is 0.384 e. The summed E-state index contributed by atoms with van der Waals surface area (Å²) in [5.74, 6) is 0.433. The summed E-state index contributed by atoms with van der Waals surface area (Å²) in [6, 6.07) is 8.36. The lowest BCUT2D eigenvalue weighted by Crippen LogP contribution is -2.11. The molecule has 0 aliphatic heterocycles. The Morgan fingerprint density at radius 3 is 2.22 bits per heavy atom. The maximum atomic E-state index is 5.65. The summed E-state index contributed by atoms with van der Waals surface area (Å²) in [7, 11) is 3.44. The highest BCUT2D eigenvalue weighted by Gasteiger charge is 2.04. The van der Waals surface area contributed by atoms with E-state index in [9.17, 15) is 0 Å². The van der Waals surface area contributed by atoms with Gasteiger partial charge in [-0.15, -0.1) is 0 Å². The monoisotopic (exact) mass is 252 g/mol. The molecule has 1 aromatic rings. The fraction of sp³-hybridized carbons (Fsp3) is 0.600. The van der Waals surface area contributed by atoms with Crippen molar-refractivity contribution in [1.29, 1.82) is 0 Å². The minimum atomic E-state index is 0.140. The van der Waals surface area contributed by atoms with Crippen LogP contribution in [-0.2, 0) is 20.8 Å². The zero-order chi connectivity index (χ0) is 13.4. The average Bonchev–Trinajstić information content (AvgIpc) is 2.39. The summed E-state index contributed by atoms with van der Waals surface area (Å²) in [5.41, 5.74) is 2.38. The van der Waals surface area contributed by atoms with Gasteiger partial charge in [-0.2, -0.15) is 0 Å². The molecule has 102 valence electrons. The van der Waals surface area contributed by atoms with Crippen LogP contribution >= 0.6 is 0 Å². The minimum Gasteiger partial charge on any atom is -0.384 e. The van der Waals surface area contributed by atoms with Crippen LogP contribution in [0.15, 0.2) is 24.3 Å². The number of rotatable bonds is 8. The Morgan fingerprint density at radius 2 is 1.67 bits per heavy atom. The molecule has 0 bridgehead atoms. The predicted octanol–water partition coefficient (Wildman–Crippen LogP) is 3.19. The highest BCUT2D eigenvalue weighted by Crippen LogP contribution is 2.16. The van der Waals surface area contributed by atoms with Crippen molar-refractivity contribution in [3.63, 3.8) is 0 Å². The first-order chi connectivity index (χ1) is 8.67. The third-order valence-corrected chi connectivity index (χ3v) is 2.92. The molecule has 0 radical (unpaired) electrons. The summed E-state index contributed by atoms with van der Waals surface area (Å²) in [4.78, 5) is 0. The van der Waals surface area contributed by atoms with Gasteiger partial charge >= 0.3 is 0 Å². The second kappa shape index (κ2) is 8.25. The van der Waals surface area contributed by atoms with Crippen molar-refractivity contribution in [2.75, 3.05) is 27.4 Å². The molecule has 3 nitrogen and oxygen atoms in total. The smallest absolute Gasteiger partial charge is 0.0793 e. The van der Waals surface area contributed by atoms with Crippen molar-refractivity contribution in [2.45, 2.75) is 26.6 Å². The molecule has 0 fully saturated rings. The quantitative estimate of drug-likeness (QED) is 0.711. The van der Waals surface area contributed by atoms with E-state index in [-0.39, 0.29) is 6.10 Å². The number of ether oxygens (including phenoxy) is 3. The Morgan fingerprint density at radius 1 is 1.00 bits per heavy atom. The van der Waals surface area contributed by atoms with E-state index in [1.54, 1.807) is 14.2 Å². The van der Waals surface area contributed by atoms with Crippen LogP contribution in [0.3, 0.4) is 0 Å². The van der Waals surface area contributed by atoms with Crippen LogP contribution in [0.2, 0.25) is 0 Å². The van der Waals surface area contributed by atoms with Crippen molar-refractivity contribution in [2.24, 2.45) is 5.92 Å². The average molecular weight is 252 g/mol. The van der Waals surface area contributed by atoms with Crippen molar-refractivity contribution in [3.8, 4) is 0 Å². The molecule has 1 aromatic carbocycles. The van der Waals surface area contributed by atoms with E-state index in [0.717, 1.165) is 13.2 Å². The zero-order valence-corrected chi connectivity index (χ0v) is 11.8. The molecule has 0 aliphatic carbocycles. The molecule has 2 unspecified atom stereocenters. The van der Waals surface area contributed by atoms with Crippen LogP contribution in [0.5, 0.6) is 0 Å². The zero-order valence-electron chi connectivity index (χ0n) is 11.8. The SMILES string of the molecule is COCC(C)COCc1ccc(C(C)OC)cc1. The molecule has 0 spiro atoms. The molecule has 0 amide bonds. The van der Waals surface area contributed by atoms with Gasteiger partial charge in [0.2, 0.25) is 0 Å². The normalized spacial score (nSPS) is 14.4. The van der Waals surface area contributed by atoms with Crippen LogP contribution in [-0.4, -0.2) is 27.4 Å². The van der Waals surface area contributed by atoms with Crippen LogP contribution in [0.25, 0.3) is 0 Å². The summed E-state index contributed by atoms with van der Waals surface area (Å²) < 4.78 is 16.0. The van der Waals surface area contributed by atoms with E-state index >= 15 is 0 Å². The van der Waals surface area contributed by atoms with E-state index in [1.165, 1.54) is 11.1 Å². The molecular formula is C15H24O3. The number of methoxy groups -OCH3 is 2.